The molecular formula is C15H25N3. The molecule has 1 saturated carbocycles. The van der Waals surface area contributed by atoms with Gasteiger partial charge in [-0.15, -0.1) is 0 Å². The van der Waals surface area contributed by atoms with Gasteiger partial charge < -0.3 is 5.73 Å². The van der Waals surface area contributed by atoms with Crippen LogP contribution in [-0.4, -0.2) is 29.5 Å². The van der Waals surface area contributed by atoms with Crippen molar-refractivity contribution in [2.24, 2.45) is 11.7 Å². The molecular weight excluding hydrogens is 222 g/mol. The highest BCUT2D eigenvalue weighted by atomic mass is 15.2. The molecule has 0 spiro atoms. The molecule has 0 bridgehead atoms. The van der Waals surface area contributed by atoms with E-state index in [1.54, 1.807) is 0 Å². The monoisotopic (exact) mass is 247 g/mol. The van der Waals surface area contributed by atoms with Crippen LogP contribution >= 0.6 is 0 Å². The smallest absolute Gasteiger partial charge is 0.0485 e. The Kier molecular flexibility index (Phi) is 4.72. The van der Waals surface area contributed by atoms with Gasteiger partial charge in [0, 0.05) is 31.0 Å². The lowest BCUT2D eigenvalue weighted by Crippen LogP contribution is -2.40. The molecule has 2 rings (SSSR count). The van der Waals surface area contributed by atoms with E-state index in [2.05, 4.69) is 29.9 Å². The first-order valence-corrected chi connectivity index (χ1v) is 7.04. The highest BCUT2D eigenvalue weighted by Crippen LogP contribution is 2.30. The number of nitrogens with zero attached hydrogens (tertiary/aromatic N) is 2. The second-order valence-corrected chi connectivity index (χ2v) is 5.62. The first kappa shape index (κ1) is 13.5. The number of hydrogen-bond acceptors (Lipinski definition) is 3. The van der Waals surface area contributed by atoms with Crippen LogP contribution in [0.15, 0.2) is 24.5 Å². The van der Waals surface area contributed by atoms with E-state index in [0.717, 1.165) is 5.92 Å². The summed E-state index contributed by atoms with van der Waals surface area (Å²) in [6, 6.07) is 5.11. The maximum Gasteiger partial charge on any atom is 0.0485 e. The van der Waals surface area contributed by atoms with Gasteiger partial charge in [0.25, 0.3) is 0 Å². The largest absolute Gasteiger partial charge is 0.329 e. The van der Waals surface area contributed by atoms with Crippen LogP contribution in [0.3, 0.4) is 0 Å². The fraction of sp³-hybridized carbons (Fsp3) is 0.667. The maximum absolute atomic E-state index is 5.97. The number of hydrogen-bond donors (Lipinski definition) is 1. The third-order valence-corrected chi connectivity index (χ3v) is 4.35. The van der Waals surface area contributed by atoms with Gasteiger partial charge in [-0.2, -0.15) is 0 Å². The molecule has 1 aromatic rings. The van der Waals surface area contributed by atoms with Crippen molar-refractivity contribution in [1.82, 2.24) is 9.88 Å². The minimum absolute atomic E-state index is 0.303. The highest BCUT2D eigenvalue weighted by Gasteiger charge is 2.26. The average molecular weight is 247 g/mol. The molecule has 0 aliphatic heterocycles. The van der Waals surface area contributed by atoms with Gasteiger partial charge in [-0.1, -0.05) is 13.0 Å². The third-order valence-electron chi connectivity index (χ3n) is 4.35. The Hall–Kier alpha value is -0.930. The Balaban J connectivity index is 2.04. The lowest BCUT2D eigenvalue weighted by atomic mass is 9.86. The zero-order valence-corrected chi connectivity index (χ0v) is 11.5. The minimum atomic E-state index is 0.303. The van der Waals surface area contributed by atoms with Crippen molar-refractivity contribution >= 4 is 0 Å². The lowest BCUT2D eigenvalue weighted by Gasteiger charge is -2.38. The first-order chi connectivity index (χ1) is 8.72. The normalized spacial score (nSPS) is 26.2. The summed E-state index contributed by atoms with van der Waals surface area (Å²) in [6.45, 7) is 3.02. The predicted octanol–water partition coefficient (Wildman–Crippen LogP) is 2.59. The van der Waals surface area contributed by atoms with Crippen molar-refractivity contribution in [3.63, 3.8) is 0 Å². The number of likely N-dealkylation sites (N-methyl/N-ethyl adjacent to an activating group) is 1. The van der Waals surface area contributed by atoms with Gasteiger partial charge in [0.1, 0.15) is 0 Å². The van der Waals surface area contributed by atoms with Gasteiger partial charge >= 0.3 is 0 Å². The Bertz CT molecular complexity index is 344. The molecule has 1 unspecified atom stereocenters. The molecule has 1 aromatic heterocycles. The summed E-state index contributed by atoms with van der Waals surface area (Å²) in [5, 5.41) is 0. The standard InChI is InChI=1S/C15H25N3/c1-12-5-7-14(8-6-12)18(2)15(10-16)13-4-3-9-17-11-13/h3-4,9,11-12,14-15H,5-8,10,16H2,1-2H3. The van der Waals surface area contributed by atoms with Crippen LogP contribution in [-0.2, 0) is 0 Å². The quantitative estimate of drug-likeness (QED) is 0.889. The molecule has 0 amide bonds. The molecule has 3 heteroatoms. The van der Waals surface area contributed by atoms with Crippen molar-refractivity contribution in [3.05, 3.63) is 30.1 Å². The maximum atomic E-state index is 5.97. The molecule has 3 nitrogen and oxygen atoms in total. The van der Waals surface area contributed by atoms with Crippen LogP contribution in [0.4, 0.5) is 0 Å². The zero-order valence-electron chi connectivity index (χ0n) is 11.5. The van der Waals surface area contributed by atoms with Crippen molar-refractivity contribution in [2.75, 3.05) is 13.6 Å². The van der Waals surface area contributed by atoms with Gasteiger partial charge in [0.15, 0.2) is 0 Å². The predicted molar refractivity (Wildman–Crippen MR) is 75.2 cm³/mol. The summed E-state index contributed by atoms with van der Waals surface area (Å²) in [4.78, 5) is 6.67. The minimum Gasteiger partial charge on any atom is -0.329 e. The molecule has 1 heterocycles. The fourth-order valence-electron chi connectivity index (χ4n) is 3.01. The molecule has 1 aliphatic carbocycles. The first-order valence-electron chi connectivity index (χ1n) is 7.04. The average Bonchev–Trinajstić information content (AvgIpc) is 2.41. The number of rotatable bonds is 4. The topological polar surface area (TPSA) is 42.1 Å². The van der Waals surface area contributed by atoms with Crippen LogP contribution < -0.4 is 5.73 Å². The van der Waals surface area contributed by atoms with Crippen LogP contribution in [0.1, 0.15) is 44.2 Å². The van der Waals surface area contributed by atoms with E-state index in [1.165, 1.54) is 31.2 Å². The van der Waals surface area contributed by atoms with E-state index in [4.69, 9.17) is 5.73 Å². The van der Waals surface area contributed by atoms with Gasteiger partial charge in [0.2, 0.25) is 0 Å². The van der Waals surface area contributed by atoms with Crippen molar-refractivity contribution in [2.45, 2.75) is 44.7 Å². The second-order valence-electron chi connectivity index (χ2n) is 5.62. The van der Waals surface area contributed by atoms with E-state index < -0.39 is 0 Å². The van der Waals surface area contributed by atoms with Gasteiger partial charge in [-0.25, -0.2) is 0 Å². The van der Waals surface area contributed by atoms with Crippen LogP contribution in [0.25, 0.3) is 0 Å². The van der Waals surface area contributed by atoms with E-state index >= 15 is 0 Å². The summed E-state index contributed by atoms with van der Waals surface area (Å²) in [6.07, 6.45) is 9.06. The lowest BCUT2D eigenvalue weighted by molar-refractivity contribution is 0.126. The van der Waals surface area contributed by atoms with E-state index in [1.807, 2.05) is 18.5 Å². The number of aromatic nitrogens is 1. The Morgan fingerprint density at radius 2 is 2.11 bits per heavy atom. The fourth-order valence-corrected chi connectivity index (χ4v) is 3.01. The number of pyridine rings is 1. The van der Waals surface area contributed by atoms with Crippen molar-refractivity contribution in [1.29, 1.82) is 0 Å². The van der Waals surface area contributed by atoms with E-state index in [0.29, 0.717) is 18.6 Å². The van der Waals surface area contributed by atoms with Crippen LogP contribution in [0, 0.1) is 5.92 Å². The third kappa shape index (κ3) is 3.09. The van der Waals surface area contributed by atoms with Gasteiger partial charge in [0.05, 0.1) is 0 Å². The van der Waals surface area contributed by atoms with E-state index in [9.17, 15) is 0 Å². The molecule has 0 aromatic carbocycles. The zero-order chi connectivity index (χ0) is 13.0. The molecule has 18 heavy (non-hydrogen) atoms. The molecule has 0 radical (unpaired) electrons. The molecule has 1 fully saturated rings. The summed E-state index contributed by atoms with van der Waals surface area (Å²) in [5.74, 6) is 0.893. The van der Waals surface area contributed by atoms with Crippen LogP contribution in [0.5, 0.6) is 0 Å². The molecule has 2 N–H and O–H groups in total. The van der Waals surface area contributed by atoms with Gasteiger partial charge in [-0.05, 0) is 50.3 Å². The van der Waals surface area contributed by atoms with Crippen LogP contribution in [0.2, 0.25) is 0 Å². The SMILES string of the molecule is CC1CCC(N(C)C(CN)c2cccnc2)CC1. The Morgan fingerprint density at radius 3 is 2.67 bits per heavy atom. The summed E-state index contributed by atoms with van der Waals surface area (Å²) in [5.41, 5.74) is 7.21. The molecule has 100 valence electrons. The summed E-state index contributed by atoms with van der Waals surface area (Å²) >= 11 is 0. The molecule has 1 atom stereocenters. The van der Waals surface area contributed by atoms with Gasteiger partial charge in [-0.3, -0.25) is 9.88 Å². The summed E-state index contributed by atoms with van der Waals surface area (Å²) < 4.78 is 0. The van der Waals surface area contributed by atoms with Crippen molar-refractivity contribution in [3.8, 4) is 0 Å². The van der Waals surface area contributed by atoms with E-state index in [-0.39, 0.29) is 0 Å². The Labute approximate surface area is 110 Å². The molecule has 1 aliphatic rings. The highest BCUT2D eigenvalue weighted by molar-refractivity contribution is 5.14. The summed E-state index contributed by atoms with van der Waals surface area (Å²) in [7, 11) is 2.21. The second kappa shape index (κ2) is 6.30. The van der Waals surface area contributed by atoms with Crippen molar-refractivity contribution < 1.29 is 0 Å². The Morgan fingerprint density at radius 1 is 1.39 bits per heavy atom. The number of nitrogens with two attached hydrogens (primary N) is 1. The molecule has 0 saturated heterocycles.